The molecule has 0 amide bonds. The summed E-state index contributed by atoms with van der Waals surface area (Å²) in [5, 5.41) is 12.4. The molecular formula is C14H19ClN4. The van der Waals surface area contributed by atoms with Gasteiger partial charge in [0.2, 0.25) is 0 Å². The Balaban J connectivity index is 2.13. The Morgan fingerprint density at radius 1 is 1.32 bits per heavy atom. The van der Waals surface area contributed by atoms with Crippen LogP contribution in [0.4, 0.5) is 0 Å². The van der Waals surface area contributed by atoms with Crippen LogP contribution in [-0.2, 0) is 13.5 Å². The lowest BCUT2D eigenvalue weighted by atomic mass is 10.0. The molecule has 1 atom stereocenters. The molecule has 0 bridgehead atoms. The Bertz CT molecular complexity index is 506. The molecule has 1 heterocycles. The first-order valence-electron chi connectivity index (χ1n) is 6.53. The summed E-state index contributed by atoms with van der Waals surface area (Å²) in [7, 11) is 1.88. The van der Waals surface area contributed by atoms with Crippen LogP contribution < -0.4 is 5.32 Å². The second kappa shape index (κ2) is 6.68. The lowest BCUT2D eigenvalue weighted by Gasteiger charge is -2.18. The summed E-state index contributed by atoms with van der Waals surface area (Å²) in [5.74, 6) is 0. The van der Waals surface area contributed by atoms with E-state index >= 15 is 0 Å². The molecule has 5 heteroatoms. The predicted molar refractivity (Wildman–Crippen MR) is 77.2 cm³/mol. The van der Waals surface area contributed by atoms with Gasteiger partial charge in [-0.05, 0) is 30.7 Å². The largest absolute Gasteiger partial charge is 0.310 e. The van der Waals surface area contributed by atoms with Gasteiger partial charge in [-0.25, -0.2) is 0 Å². The van der Waals surface area contributed by atoms with Gasteiger partial charge in [0.25, 0.3) is 0 Å². The molecule has 0 saturated heterocycles. The van der Waals surface area contributed by atoms with Crippen molar-refractivity contribution in [3.05, 3.63) is 46.7 Å². The van der Waals surface area contributed by atoms with Gasteiger partial charge < -0.3 is 5.32 Å². The lowest BCUT2D eigenvalue weighted by Crippen LogP contribution is -2.24. The van der Waals surface area contributed by atoms with Gasteiger partial charge in [-0.2, -0.15) is 0 Å². The summed E-state index contributed by atoms with van der Waals surface area (Å²) >= 11 is 5.94. The van der Waals surface area contributed by atoms with E-state index in [-0.39, 0.29) is 6.04 Å². The zero-order chi connectivity index (χ0) is 13.7. The maximum atomic E-state index is 5.94. The fraction of sp³-hybridized carbons (Fsp3) is 0.429. The topological polar surface area (TPSA) is 42.7 Å². The SMILES string of the molecule is CCCNC(Cc1cn(C)nn1)c1ccc(Cl)cc1. The zero-order valence-electron chi connectivity index (χ0n) is 11.3. The van der Waals surface area contributed by atoms with Crippen molar-refractivity contribution in [3.8, 4) is 0 Å². The van der Waals surface area contributed by atoms with Crippen molar-refractivity contribution in [3.63, 3.8) is 0 Å². The number of benzene rings is 1. The monoisotopic (exact) mass is 278 g/mol. The first kappa shape index (κ1) is 14.0. The second-order valence-electron chi connectivity index (χ2n) is 4.65. The van der Waals surface area contributed by atoms with Gasteiger partial charge in [0.05, 0.1) is 5.69 Å². The molecule has 4 nitrogen and oxygen atoms in total. The van der Waals surface area contributed by atoms with Crippen molar-refractivity contribution < 1.29 is 0 Å². The van der Waals surface area contributed by atoms with Gasteiger partial charge in [-0.15, -0.1) is 5.10 Å². The highest BCUT2D eigenvalue weighted by Crippen LogP contribution is 2.19. The van der Waals surface area contributed by atoms with Crippen LogP contribution in [0.1, 0.15) is 30.6 Å². The molecule has 2 rings (SSSR count). The van der Waals surface area contributed by atoms with E-state index in [1.165, 1.54) is 5.56 Å². The van der Waals surface area contributed by atoms with Gasteiger partial charge in [0.15, 0.2) is 0 Å². The highest BCUT2D eigenvalue weighted by Gasteiger charge is 2.13. The van der Waals surface area contributed by atoms with Crippen molar-refractivity contribution in [2.45, 2.75) is 25.8 Å². The third-order valence-corrected chi connectivity index (χ3v) is 3.23. The number of rotatable bonds is 6. The molecule has 0 fully saturated rings. The molecule has 0 saturated carbocycles. The van der Waals surface area contributed by atoms with Crippen LogP contribution in [0.25, 0.3) is 0 Å². The van der Waals surface area contributed by atoms with Crippen LogP contribution >= 0.6 is 11.6 Å². The van der Waals surface area contributed by atoms with Crippen LogP contribution in [0.15, 0.2) is 30.5 Å². The molecule has 19 heavy (non-hydrogen) atoms. The van der Waals surface area contributed by atoms with Crippen molar-refractivity contribution in [2.75, 3.05) is 6.54 Å². The third kappa shape index (κ3) is 4.04. The summed E-state index contributed by atoms with van der Waals surface area (Å²) < 4.78 is 1.73. The standard InChI is InChI=1S/C14H19ClN4/c1-3-8-16-14(9-13-10-19(2)18-17-13)11-4-6-12(15)7-5-11/h4-7,10,14,16H,3,8-9H2,1-2H3. The molecule has 1 unspecified atom stereocenters. The number of hydrogen-bond donors (Lipinski definition) is 1. The van der Waals surface area contributed by atoms with Crippen molar-refractivity contribution >= 4 is 11.6 Å². The Kier molecular flexibility index (Phi) is 4.93. The normalized spacial score (nSPS) is 12.6. The molecule has 0 aliphatic carbocycles. The average molecular weight is 279 g/mol. The molecule has 1 aromatic carbocycles. The lowest BCUT2D eigenvalue weighted by molar-refractivity contribution is 0.524. The minimum absolute atomic E-state index is 0.244. The molecular weight excluding hydrogens is 260 g/mol. The summed E-state index contributed by atoms with van der Waals surface area (Å²) in [6, 6.07) is 8.22. The van der Waals surface area contributed by atoms with Crippen molar-refractivity contribution in [2.24, 2.45) is 7.05 Å². The van der Waals surface area contributed by atoms with E-state index in [4.69, 9.17) is 11.6 Å². The van der Waals surface area contributed by atoms with Crippen LogP contribution in [0.2, 0.25) is 5.02 Å². The highest BCUT2D eigenvalue weighted by molar-refractivity contribution is 6.30. The molecule has 1 N–H and O–H groups in total. The number of nitrogens with zero attached hydrogens (tertiary/aromatic N) is 3. The second-order valence-corrected chi connectivity index (χ2v) is 5.08. The van der Waals surface area contributed by atoms with Gasteiger partial charge >= 0.3 is 0 Å². The predicted octanol–water partition coefficient (Wildman–Crippen LogP) is 2.75. The number of halogens is 1. The summed E-state index contributed by atoms with van der Waals surface area (Å²) in [4.78, 5) is 0. The first-order valence-corrected chi connectivity index (χ1v) is 6.91. The maximum Gasteiger partial charge on any atom is 0.0845 e. The summed E-state index contributed by atoms with van der Waals surface area (Å²) in [5.41, 5.74) is 2.22. The fourth-order valence-corrected chi connectivity index (χ4v) is 2.15. The molecule has 0 aliphatic heterocycles. The molecule has 2 aromatic rings. The minimum atomic E-state index is 0.244. The first-order chi connectivity index (χ1) is 9.19. The van der Waals surface area contributed by atoms with E-state index in [1.807, 2.05) is 25.4 Å². The van der Waals surface area contributed by atoms with Crippen LogP contribution in [0.3, 0.4) is 0 Å². The quantitative estimate of drug-likeness (QED) is 0.883. The molecule has 0 aliphatic rings. The smallest absolute Gasteiger partial charge is 0.0845 e. The van der Waals surface area contributed by atoms with E-state index < -0.39 is 0 Å². The fourth-order valence-electron chi connectivity index (χ4n) is 2.02. The van der Waals surface area contributed by atoms with E-state index in [0.29, 0.717) is 0 Å². The van der Waals surface area contributed by atoms with E-state index in [0.717, 1.165) is 30.1 Å². The Labute approximate surface area is 118 Å². The van der Waals surface area contributed by atoms with Crippen molar-refractivity contribution in [1.82, 2.24) is 20.3 Å². The molecule has 102 valence electrons. The summed E-state index contributed by atoms with van der Waals surface area (Å²) in [6.45, 7) is 3.14. The van der Waals surface area contributed by atoms with Gasteiger partial charge in [0.1, 0.15) is 0 Å². The van der Waals surface area contributed by atoms with E-state index in [2.05, 4.69) is 34.7 Å². The van der Waals surface area contributed by atoms with Crippen LogP contribution in [0.5, 0.6) is 0 Å². The van der Waals surface area contributed by atoms with Crippen LogP contribution in [0, 0.1) is 0 Å². The highest BCUT2D eigenvalue weighted by atomic mass is 35.5. The third-order valence-electron chi connectivity index (χ3n) is 2.98. The Morgan fingerprint density at radius 3 is 2.63 bits per heavy atom. The average Bonchev–Trinajstić information content (AvgIpc) is 2.81. The summed E-state index contributed by atoms with van der Waals surface area (Å²) in [6.07, 6.45) is 3.89. The van der Waals surface area contributed by atoms with Crippen molar-refractivity contribution in [1.29, 1.82) is 0 Å². The Hall–Kier alpha value is -1.39. The number of aromatic nitrogens is 3. The minimum Gasteiger partial charge on any atom is -0.310 e. The van der Waals surface area contributed by atoms with Gasteiger partial charge in [0, 0.05) is 30.7 Å². The van der Waals surface area contributed by atoms with Gasteiger partial charge in [-0.3, -0.25) is 4.68 Å². The van der Waals surface area contributed by atoms with E-state index in [1.54, 1.807) is 4.68 Å². The van der Waals surface area contributed by atoms with Gasteiger partial charge in [-0.1, -0.05) is 35.9 Å². The molecule has 0 spiro atoms. The van der Waals surface area contributed by atoms with Crippen LogP contribution in [-0.4, -0.2) is 21.5 Å². The number of aryl methyl sites for hydroxylation is 1. The molecule has 0 radical (unpaired) electrons. The number of hydrogen-bond acceptors (Lipinski definition) is 3. The zero-order valence-corrected chi connectivity index (χ0v) is 12.1. The van der Waals surface area contributed by atoms with E-state index in [9.17, 15) is 0 Å². The molecule has 1 aromatic heterocycles. The number of nitrogens with one attached hydrogen (secondary N) is 1. The maximum absolute atomic E-state index is 5.94. The Morgan fingerprint density at radius 2 is 2.05 bits per heavy atom.